The van der Waals surface area contributed by atoms with Crippen molar-refractivity contribution in [2.45, 2.75) is 4.90 Å². The molecule has 1 amide bonds. The number of hydrogen-bond donors (Lipinski definition) is 4. The lowest BCUT2D eigenvalue weighted by Gasteiger charge is -2.09. The van der Waals surface area contributed by atoms with Crippen LogP contribution < -0.4 is 22.1 Å². The van der Waals surface area contributed by atoms with E-state index in [0.717, 1.165) is 0 Å². The van der Waals surface area contributed by atoms with Gasteiger partial charge in [-0.15, -0.1) is 4.40 Å². The number of carbonyl (C=O) groups is 1. The van der Waals surface area contributed by atoms with Gasteiger partial charge in [0, 0.05) is 18.9 Å². The highest BCUT2D eigenvalue weighted by atomic mass is 32.2. The van der Waals surface area contributed by atoms with Crippen LogP contribution in [0.1, 0.15) is 10.5 Å². The molecule has 2 aromatic rings. The summed E-state index contributed by atoms with van der Waals surface area (Å²) in [5.41, 5.74) is 10.8. The van der Waals surface area contributed by atoms with E-state index in [1.807, 2.05) is 0 Å². The van der Waals surface area contributed by atoms with Crippen LogP contribution in [0, 0.1) is 0 Å². The van der Waals surface area contributed by atoms with Gasteiger partial charge in [0.2, 0.25) is 5.96 Å². The van der Waals surface area contributed by atoms with Crippen LogP contribution in [0.2, 0.25) is 0 Å². The maximum absolute atomic E-state index is 11.9. The van der Waals surface area contributed by atoms with E-state index < -0.39 is 21.9 Å². The van der Waals surface area contributed by atoms with Crippen LogP contribution in [0.4, 0.5) is 5.69 Å². The Morgan fingerprint density at radius 2 is 1.88 bits per heavy atom. The second-order valence-corrected chi connectivity index (χ2v) is 6.81. The molecule has 10 nitrogen and oxygen atoms in total. The van der Waals surface area contributed by atoms with Gasteiger partial charge in [0.1, 0.15) is 0 Å². The number of aryl methyl sites for hydroxylation is 1. The third kappa shape index (κ3) is 4.99. The molecule has 0 atom stereocenters. The quantitative estimate of drug-likeness (QED) is 0.314. The zero-order valence-electron chi connectivity index (χ0n) is 13.0. The van der Waals surface area contributed by atoms with Crippen molar-refractivity contribution in [3.8, 4) is 0 Å². The minimum Gasteiger partial charge on any atom is -0.369 e. The molecular formula is C13H15N7O3S2. The van der Waals surface area contributed by atoms with E-state index in [-0.39, 0.29) is 15.7 Å². The van der Waals surface area contributed by atoms with Gasteiger partial charge in [-0.05, 0) is 42.5 Å². The van der Waals surface area contributed by atoms with Crippen molar-refractivity contribution < 1.29 is 13.2 Å². The van der Waals surface area contributed by atoms with Gasteiger partial charge < -0.3 is 16.8 Å². The molecule has 1 heterocycles. The SMILES string of the molecule is Cn1ccc(C(=O)NC(=S)Nc2ccc(S(=O)(=O)N=C(N)N)cc2)n1. The summed E-state index contributed by atoms with van der Waals surface area (Å²) in [4.78, 5) is 11.8. The number of thiocarbonyl (C=S) groups is 1. The van der Waals surface area contributed by atoms with Gasteiger partial charge in [-0.1, -0.05) is 0 Å². The molecule has 0 saturated carbocycles. The molecule has 0 aliphatic carbocycles. The van der Waals surface area contributed by atoms with Crippen molar-refractivity contribution in [3.05, 3.63) is 42.2 Å². The first kappa shape index (κ1) is 18.4. The van der Waals surface area contributed by atoms with E-state index >= 15 is 0 Å². The van der Waals surface area contributed by atoms with Gasteiger partial charge in [0.05, 0.1) is 4.90 Å². The third-order valence-corrected chi connectivity index (χ3v) is 4.33. The Hall–Kier alpha value is -2.99. The Bertz CT molecular complexity index is 929. The molecule has 0 unspecified atom stereocenters. The van der Waals surface area contributed by atoms with Crippen molar-refractivity contribution in [1.29, 1.82) is 0 Å². The fraction of sp³-hybridized carbons (Fsp3) is 0.0769. The largest absolute Gasteiger partial charge is 0.369 e. The first-order chi connectivity index (χ1) is 11.7. The molecule has 2 rings (SSSR count). The summed E-state index contributed by atoms with van der Waals surface area (Å²) in [7, 11) is -2.27. The second-order valence-electron chi connectivity index (χ2n) is 4.80. The van der Waals surface area contributed by atoms with E-state index in [9.17, 15) is 13.2 Å². The smallest absolute Gasteiger partial charge is 0.285 e. The van der Waals surface area contributed by atoms with Crippen molar-refractivity contribution in [2.75, 3.05) is 5.32 Å². The Kier molecular flexibility index (Phi) is 5.34. The van der Waals surface area contributed by atoms with Crippen LogP contribution in [0.5, 0.6) is 0 Å². The summed E-state index contributed by atoms with van der Waals surface area (Å²) in [5, 5.41) is 9.20. The van der Waals surface area contributed by atoms with Crippen LogP contribution in [0.25, 0.3) is 0 Å². The van der Waals surface area contributed by atoms with E-state index in [1.54, 1.807) is 19.3 Å². The molecular weight excluding hydrogens is 366 g/mol. The van der Waals surface area contributed by atoms with Crippen LogP contribution in [-0.2, 0) is 17.1 Å². The van der Waals surface area contributed by atoms with Gasteiger partial charge in [-0.2, -0.15) is 13.5 Å². The Labute approximate surface area is 149 Å². The molecule has 0 spiro atoms. The number of rotatable bonds is 4. The predicted molar refractivity (Wildman–Crippen MR) is 96.3 cm³/mol. The number of sulfonamides is 1. The first-order valence-electron chi connectivity index (χ1n) is 6.75. The van der Waals surface area contributed by atoms with Gasteiger partial charge in [0.15, 0.2) is 10.8 Å². The molecule has 0 fully saturated rings. The topological polar surface area (TPSA) is 157 Å². The highest BCUT2D eigenvalue weighted by Gasteiger charge is 2.14. The number of carbonyl (C=O) groups excluding carboxylic acids is 1. The average Bonchev–Trinajstić information content (AvgIpc) is 2.93. The number of benzene rings is 1. The summed E-state index contributed by atoms with van der Waals surface area (Å²) < 4.78 is 28.3. The van der Waals surface area contributed by atoms with Gasteiger partial charge in [-0.25, -0.2) is 0 Å². The van der Waals surface area contributed by atoms with E-state index in [2.05, 4.69) is 20.1 Å². The van der Waals surface area contributed by atoms with E-state index in [0.29, 0.717) is 5.69 Å². The molecule has 12 heteroatoms. The minimum atomic E-state index is -3.96. The van der Waals surface area contributed by atoms with E-state index in [1.165, 1.54) is 28.9 Å². The molecule has 25 heavy (non-hydrogen) atoms. The summed E-state index contributed by atoms with van der Waals surface area (Å²) in [6, 6.07) is 7.05. The Morgan fingerprint density at radius 1 is 1.24 bits per heavy atom. The highest BCUT2D eigenvalue weighted by Crippen LogP contribution is 2.16. The maximum atomic E-state index is 11.9. The Balaban J connectivity index is 2.02. The third-order valence-electron chi connectivity index (χ3n) is 2.81. The van der Waals surface area contributed by atoms with Crippen molar-refractivity contribution in [3.63, 3.8) is 0 Å². The van der Waals surface area contributed by atoms with Crippen molar-refractivity contribution in [1.82, 2.24) is 15.1 Å². The molecule has 132 valence electrons. The maximum Gasteiger partial charge on any atom is 0.285 e. The summed E-state index contributed by atoms with van der Waals surface area (Å²) in [6.45, 7) is 0. The van der Waals surface area contributed by atoms with Crippen LogP contribution in [-0.4, -0.2) is 35.2 Å². The number of guanidine groups is 1. The molecule has 0 aliphatic rings. The number of anilines is 1. The fourth-order valence-electron chi connectivity index (χ4n) is 1.77. The number of aromatic nitrogens is 2. The van der Waals surface area contributed by atoms with Gasteiger partial charge in [0.25, 0.3) is 15.9 Å². The van der Waals surface area contributed by atoms with Crippen LogP contribution in [0.3, 0.4) is 0 Å². The number of nitrogens with one attached hydrogen (secondary N) is 2. The standard InChI is InChI=1S/C13H15N7O3S2/c1-20-7-6-10(18-20)11(21)17-13(24)16-8-2-4-9(5-3-8)25(22,23)19-12(14)15/h2-7H,1H3,(H4,14,15,19)(H2,16,17,21,24). The van der Waals surface area contributed by atoms with Crippen LogP contribution in [0.15, 0.2) is 45.8 Å². The molecule has 0 radical (unpaired) electrons. The predicted octanol–water partition coefficient (Wildman–Crippen LogP) is -0.491. The van der Waals surface area contributed by atoms with Crippen molar-refractivity contribution >= 4 is 44.9 Å². The fourth-order valence-corrected chi connectivity index (χ4v) is 2.84. The molecule has 6 N–H and O–H groups in total. The molecule has 1 aromatic carbocycles. The Morgan fingerprint density at radius 3 is 2.40 bits per heavy atom. The summed E-state index contributed by atoms with van der Waals surface area (Å²) in [6.07, 6.45) is 1.63. The number of nitrogens with two attached hydrogens (primary N) is 2. The minimum absolute atomic E-state index is 0.0375. The number of nitrogens with zero attached hydrogens (tertiary/aromatic N) is 3. The van der Waals surface area contributed by atoms with Gasteiger partial charge >= 0.3 is 0 Å². The van der Waals surface area contributed by atoms with Crippen molar-refractivity contribution in [2.24, 2.45) is 22.9 Å². The van der Waals surface area contributed by atoms with Gasteiger partial charge in [-0.3, -0.25) is 14.8 Å². The normalized spacial score (nSPS) is 10.8. The monoisotopic (exact) mass is 381 g/mol. The van der Waals surface area contributed by atoms with E-state index in [4.69, 9.17) is 23.7 Å². The molecule has 0 saturated heterocycles. The first-order valence-corrected chi connectivity index (χ1v) is 8.60. The summed E-state index contributed by atoms with van der Waals surface area (Å²) in [5.74, 6) is -1.02. The molecule has 0 bridgehead atoms. The second kappa shape index (κ2) is 7.27. The zero-order chi connectivity index (χ0) is 18.6. The average molecular weight is 381 g/mol. The van der Waals surface area contributed by atoms with Crippen LogP contribution >= 0.6 is 12.2 Å². The lowest BCUT2D eigenvalue weighted by Crippen LogP contribution is -2.34. The highest BCUT2D eigenvalue weighted by molar-refractivity contribution is 7.90. The number of amides is 1. The lowest BCUT2D eigenvalue weighted by atomic mass is 10.3. The number of hydrogen-bond acceptors (Lipinski definition) is 5. The zero-order valence-corrected chi connectivity index (χ0v) is 14.6. The summed E-state index contributed by atoms with van der Waals surface area (Å²) >= 11 is 5.03. The molecule has 0 aliphatic heterocycles. The lowest BCUT2D eigenvalue weighted by molar-refractivity contribution is 0.0972. The molecule has 1 aromatic heterocycles.